The van der Waals surface area contributed by atoms with E-state index in [-0.39, 0.29) is 0 Å². The lowest BCUT2D eigenvalue weighted by atomic mass is 9.96. The minimum atomic E-state index is -7.86. The van der Waals surface area contributed by atoms with E-state index in [0.29, 0.717) is 0 Å². The molecule has 15 heteroatoms. The van der Waals surface area contributed by atoms with Crippen LogP contribution in [0.25, 0.3) is 0 Å². The van der Waals surface area contributed by atoms with Gasteiger partial charge in [-0.3, -0.25) is 0 Å². The Morgan fingerprint density at radius 3 is 1.24 bits per heavy atom. The van der Waals surface area contributed by atoms with Crippen molar-refractivity contribution in [1.29, 1.82) is 0 Å². The van der Waals surface area contributed by atoms with Crippen LogP contribution in [0.2, 0.25) is 0 Å². The van der Waals surface area contributed by atoms with E-state index in [1.54, 1.807) is 0 Å². The summed E-state index contributed by atoms with van der Waals surface area (Å²) in [6, 6.07) is -6.16. The summed E-state index contributed by atoms with van der Waals surface area (Å²) in [6.45, 7) is -3.79. The van der Waals surface area contributed by atoms with Gasteiger partial charge in [0.05, 0.1) is 13.2 Å². The number of rotatable bonds is 5. The molecule has 25 heavy (non-hydrogen) atoms. The van der Waals surface area contributed by atoms with E-state index in [1.165, 1.54) is 0 Å². The molecular weight excluding hydrogens is 397 g/mol. The Balaban J connectivity index is 3.37. The normalized spacial score (nSPS) is 20.0. The molecule has 1 rings (SSSR count). The topological polar surface area (TPSA) is 12.5 Å². The molecule has 1 fully saturated rings. The third-order valence-electron chi connectivity index (χ3n) is 3.33. The van der Waals surface area contributed by atoms with E-state index in [0.717, 1.165) is 0 Å². The number of alkyl halides is 13. The summed E-state index contributed by atoms with van der Waals surface area (Å²) >= 11 is 0. The molecule has 0 saturated carbocycles. The van der Waals surface area contributed by atoms with Crippen LogP contribution in [0.1, 0.15) is 0 Å². The van der Waals surface area contributed by atoms with E-state index in [9.17, 15) is 57.1 Å². The van der Waals surface area contributed by atoms with Crippen LogP contribution in [-0.2, 0) is 4.74 Å². The molecule has 0 N–H and O–H groups in total. The fourth-order valence-electron chi connectivity index (χ4n) is 1.80. The zero-order chi connectivity index (χ0) is 20.1. The van der Waals surface area contributed by atoms with E-state index in [1.807, 2.05) is 0 Å². The van der Waals surface area contributed by atoms with E-state index >= 15 is 0 Å². The quantitative estimate of drug-likeness (QED) is 0.506. The van der Waals surface area contributed by atoms with Crippen LogP contribution < -0.4 is 0 Å². The fourth-order valence-corrected chi connectivity index (χ4v) is 1.80. The van der Waals surface area contributed by atoms with Crippen LogP contribution in [-0.4, -0.2) is 67.1 Å². The molecule has 0 aromatic rings. The van der Waals surface area contributed by atoms with Crippen molar-refractivity contribution in [1.82, 2.24) is 4.90 Å². The fraction of sp³-hybridized carbons (Fsp3) is 1.00. The van der Waals surface area contributed by atoms with Crippen LogP contribution in [0, 0.1) is 0 Å². The number of hydrogen-bond acceptors (Lipinski definition) is 2. The second kappa shape index (κ2) is 6.03. The van der Waals surface area contributed by atoms with Gasteiger partial charge in [0.25, 0.3) is 0 Å². The van der Waals surface area contributed by atoms with Gasteiger partial charge in [0.2, 0.25) is 0 Å². The Labute approximate surface area is 130 Å². The molecule has 0 aliphatic carbocycles. The van der Waals surface area contributed by atoms with E-state index < -0.39 is 67.1 Å². The molecule has 1 aliphatic heterocycles. The molecule has 1 aliphatic rings. The second-order valence-corrected chi connectivity index (χ2v) is 4.94. The first kappa shape index (κ1) is 22.1. The molecule has 1 heterocycles. The molecule has 0 spiro atoms. The van der Waals surface area contributed by atoms with Gasteiger partial charge >= 0.3 is 35.9 Å². The third kappa shape index (κ3) is 3.02. The first-order valence-corrected chi connectivity index (χ1v) is 6.14. The van der Waals surface area contributed by atoms with Crippen molar-refractivity contribution in [2.45, 2.75) is 35.9 Å². The number of hydrogen-bond donors (Lipinski definition) is 0. The summed E-state index contributed by atoms with van der Waals surface area (Å²) < 4.78 is 172. The highest BCUT2D eigenvalue weighted by atomic mass is 19.4. The van der Waals surface area contributed by atoms with Crippen molar-refractivity contribution >= 4 is 0 Å². The average Bonchev–Trinajstić information content (AvgIpc) is 2.46. The summed E-state index contributed by atoms with van der Waals surface area (Å²) in [5.41, 5.74) is 0. The van der Waals surface area contributed by atoms with Gasteiger partial charge in [0, 0.05) is 13.1 Å². The molecule has 0 atom stereocenters. The number of ether oxygens (including phenoxy) is 1. The maximum atomic E-state index is 13.6. The van der Waals surface area contributed by atoms with E-state index in [2.05, 4.69) is 4.74 Å². The molecule has 2 nitrogen and oxygen atoms in total. The van der Waals surface area contributed by atoms with Gasteiger partial charge in [-0.05, 0) is 0 Å². The molecule has 0 aromatic heterocycles. The summed E-state index contributed by atoms with van der Waals surface area (Å²) in [6.07, 6.45) is -7.40. The Morgan fingerprint density at radius 1 is 0.520 bits per heavy atom. The summed E-state index contributed by atoms with van der Waals surface area (Å²) in [5, 5.41) is 0. The lowest BCUT2D eigenvalue weighted by Gasteiger charge is -2.43. The van der Waals surface area contributed by atoms with E-state index in [4.69, 9.17) is 0 Å². The SMILES string of the molecule is FC(F)(F)C(F)(F)C(F)(F)C(F)(F)C(F)(F)C(F)(F)N1CCOCC1. The Bertz CT molecular complexity index is 480. The Kier molecular flexibility index (Phi) is 5.32. The highest BCUT2D eigenvalue weighted by Crippen LogP contribution is 2.60. The van der Waals surface area contributed by atoms with Gasteiger partial charge in [0.1, 0.15) is 0 Å². The second-order valence-electron chi connectivity index (χ2n) is 4.94. The average molecular weight is 405 g/mol. The monoisotopic (exact) mass is 405 g/mol. The van der Waals surface area contributed by atoms with Crippen molar-refractivity contribution in [3.05, 3.63) is 0 Å². The molecule has 150 valence electrons. The molecule has 1 saturated heterocycles. The van der Waals surface area contributed by atoms with Gasteiger partial charge in [-0.25, -0.2) is 4.90 Å². The van der Waals surface area contributed by atoms with Crippen molar-refractivity contribution in [3.63, 3.8) is 0 Å². The minimum Gasteiger partial charge on any atom is -0.379 e. The predicted molar refractivity (Wildman–Crippen MR) is 53.2 cm³/mol. The van der Waals surface area contributed by atoms with Gasteiger partial charge in [-0.15, -0.1) is 0 Å². The van der Waals surface area contributed by atoms with Crippen LogP contribution >= 0.6 is 0 Å². The van der Waals surface area contributed by atoms with Crippen molar-refractivity contribution < 1.29 is 61.8 Å². The first-order valence-electron chi connectivity index (χ1n) is 6.14. The highest BCUT2D eigenvalue weighted by molar-refractivity contribution is 5.10. The standard InChI is InChI=1S/C10H8F13NO/c11-5(12,7(15,16)9(19,20)21)6(13,14)8(17,18)10(22,23)24-1-3-25-4-2-24/h1-4H2. The Morgan fingerprint density at radius 2 is 0.880 bits per heavy atom. The van der Waals surface area contributed by atoms with Crippen LogP contribution in [0.3, 0.4) is 0 Å². The number of nitrogens with zero attached hydrogens (tertiary/aromatic N) is 1. The largest absolute Gasteiger partial charge is 0.460 e. The number of morpholine rings is 1. The van der Waals surface area contributed by atoms with Crippen molar-refractivity contribution in [3.8, 4) is 0 Å². The van der Waals surface area contributed by atoms with Crippen LogP contribution in [0.4, 0.5) is 57.1 Å². The minimum absolute atomic E-state index is 0.716. The summed E-state index contributed by atoms with van der Waals surface area (Å²) in [7, 11) is 0. The van der Waals surface area contributed by atoms with Crippen LogP contribution in [0.5, 0.6) is 0 Å². The maximum absolute atomic E-state index is 13.6. The smallest absolute Gasteiger partial charge is 0.379 e. The van der Waals surface area contributed by atoms with Crippen molar-refractivity contribution in [2.24, 2.45) is 0 Å². The van der Waals surface area contributed by atoms with Gasteiger partial charge in [-0.2, -0.15) is 57.1 Å². The van der Waals surface area contributed by atoms with Crippen LogP contribution in [0.15, 0.2) is 0 Å². The molecule has 0 unspecified atom stereocenters. The molecule has 0 amide bonds. The Hall–Kier alpha value is -0.990. The summed E-state index contributed by atoms with van der Waals surface area (Å²) in [5.74, 6) is -30.6. The van der Waals surface area contributed by atoms with Gasteiger partial charge in [-0.1, -0.05) is 0 Å². The molecule has 0 radical (unpaired) electrons. The molecule has 0 bridgehead atoms. The molecule has 0 aromatic carbocycles. The lowest BCUT2D eigenvalue weighted by Crippen LogP contribution is -2.73. The zero-order valence-corrected chi connectivity index (χ0v) is 11.6. The van der Waals surface area contributed by atoms with Gasteiger partial charge in [0.15, 0.2) is 0 Å². The predicted octanol–water partition coefficient (Wildman–Crippen LogP) is 4.01. The maximum Gasteiger partial charge on any atom is 0.460 e. The van der Waals surface area contributed by atoms with Gasteiger partial charge < -0.3 is 4.74 Å². The lowest BCUT2D eigenvalue weighted by molar-refractivity contribution is -0.451. The zero-order valence-electron chi connectivity index (χ0n) is 11.6. The molecular formula is C10H8F13NO. The van der Waals surface area contributed by atoms with Crippen molar-refractivity contribution in [2.75, 3.05) is 26.3 Å². The highest BCUT2D eigenvalue weighted by Gasteiger charge is 2.91. The first-order chi connectivity index (χ1) is 10.9. The third-order valence-corrected chi connectivity index (χ3v) is 3.33. The number of halogens is 13. The summed E-state index contributed by atoms with van der Waals surface area (Å²) in [4.78, 5) is -0.772.